The van der Waals surface area contributed by atoms with Crippen molar-refractivity contribution in [3.05, 3.63) is 98.8 Å². The van der Waals surface area contributed by atoms with E-state index in [1.165, 1.54) is 6.20 Å². The van der Waals surface area contributed by atoms with Gasteiger partial charge in [-0.2, -0.15) is 0 Å². The zero-order valence-corrected chi connectivity index (χ0v) is 25.7. The lowest BCUT2D eigenvalue weighted by Crippen LogP contribution is -2.59. The van der Waals surface area contributed by atoms with Crippen LogP contribution in [0.4, 0.5) is 0 Å². The van der Waals surface area contributed by atoms with Crippen LogP contribution in [0.1, 0.15) is 70.4 Å². The number of nitrogens with zero attached hydrogens (tertiary/aromatic N) is 2. The summed E-state index contributed by atoms with van der Waals surface area (Å²) in [5.41, 5.74) is 5.01. The minimum absolute atomic E-state index is 0.0636. The minimum Gasteiger partial charge on any atom is -0.392 e. The van der Waals surface area contributed by atoms with Crippen molar-refractivity contribution in [1.82, 2.24) is 20.1 Å². The zero-order chi connectivity index (χ0) is 30.7. The maximum Gasteiger partial charge on any atom is 0.255 e. The highest BCUT2D eigenvalue weighted by Crippen LogP contribution is 2.47. The quantitative estimate of drug-likeness (QED) is 0.295. The van der Waals surface area contributed by atoms with Crippen LogP contribution >= 0.6 is 23.2 Å². The number of hydroxylamine groups is 1. The number of rotatable bonds is 9. The van der Waals surface area contributed by atoms with Gasteiger partial charge in [-0.25, -0.2) is 18.6 Å². The van der Waals surface area contributed by atoms with Crippen LogP contribution in [-0.2, 0) is 32.9 Å². The number of sulfonamides is 1. The monoisotopic (exact) mass is 646 g/mol. The average molecular weight is 648 g/mol. The third kappa shape index (κ3) is 7.03. The molecule has 1 aliphatic heterocycles. The van der Waals surface area contributed by atoms with Crippen LogP contribution in [0, 0.1) is 0 Å². The van der Waals surface area contributed by atoms with Gasteiger partial charge in [-0.3, -0.25) is 19.4 Å². The maximum absolute atomic E-state index is 14.3. The van der Waals surface area contributed by atoms with Crippen LogP contribution in [0.15, 0.2) is 60.8 Å². The largest absolute Gasteiger partial charge is 0.392 e. The molecule has 4 atom stereocenters. The van der Waals surface area contributed by atoms with Crippen molar-refractivity contribution in [3.63, 3.8) is 0 Å². The highest BCUT2D eigenvalue weighted by Gasteiger charge is 2.49. The van der Waals surface area contributed by atoms with E-state index in [1.54, 1.807) is 59.5 Å². The lowest BCUT2D eigenvalue weighted by molar-refractivity contribution is -0.138. The number of pyridine rings is 1. The van der Waals surface area contributed by atoms with Gasteiger partial charge in [0.25, 0.3) is 11.8 Å². The number of carbonyl (C=O) groups is 2. The van der Waals surface area contributed by atoms with Gasteiger partial charge >= 0.3 is 0 Å². The summed E-state index contributed by atoms with van der Waals surface area (Å²) in [4.78, 5) is 39.8. The molecule has 0 unspecified atom stereocenters. The molecule has 1 fully saturated rings. The Hall–Kier alpha value is -3.06. The molecule has 228 valence electrons. The van der Waals surface area contributed by atoms with Gasteiger partial charge in [0, 0.05) is 33.9 Å². The molecule has 43 heavy (non-hydrogen) atoms. The van der Waals surface area contributed by atoms with Gasteiger partial charge in [-0.1, -0.05) is 60.3 Å². The minimum atomic E-state index is -3.59. The second-order valence-corrected chi connectivity index (χ2v) is 13.4. The molecule has 0 radical (unpaired) electrons. The number of carbonyl (C=O) groups excluding carboxylic acids is 2. The molecule has 1 aliphatic carbocycles. The number of amides is 2. The van der Waals surface area contributed by atoms with Crippen molar-refractivity contribution in [2.75, 3.05) is 6.26 Å². The van der Waals surface area contributed by atoms with E-state index in [9.17, 15) is 23.1 Å². The maximum atomic E-state index is 14.3. The molecule has 0 spiro atoms. The Morgan fingerprint density at radius 2 is 1.86 bits per heavy atom. The van der Waals surface area contributed by atoms with Crippen molar-refractivity contribution in [2.45, 2.75) is 62.9 Å². The highest BCUT2D eigenvalue weighted by atomic mass is 35.5. The molecule has 0 bridgehead atoms. The zero-order valence-electron chi connectivity index (χ0n) is 23.4. The third-order valence-electron chi connectivity index (χ3n) is 7.85. The first kappa shape index (κ1) is 31.4. The molecule has 3 N–H and O–H groups in total. The van der Waals surface area contributed by atoms with Gasteiger partial charge in [-0.15, -0.1) is 0 Å². The summed E-state index contributed by atoms with van der Waals surface area (Å²) in [6, 6.07) is 13.1. The van der Waals surface area contributed by atoms with Crippen molar-refractivity contribution in [1.29, 1.82) is 0 Å². The van der Waals surface area contributed by atoms with E-state index in [0.717, 1.165) is 19.1 Å². The van der Waals surface area contributed by atoms with Gasteiger partial charge in [0.1, 0.15) is 6.61 Å². The summed E-state index contributed by atoms with van der Waals surface area (Å²) >= 11 is 13.0. The van der Waals surface area contributed by atoms with Crippen molar-refractivity contribution < 1.29 is 28.0 Å². The number of aromatic nitrogens is 1. The standard InChI is InChI=1S/C30H32Cl2N4O6S/c1-43(40,41)35-25-8-4-5-9-26(25)36-28(23-11-10-19(31)15-24(23)32)27(21-6-2-3-7-22(21)30(36)39)29(38)34-42-17-20-14-18(16-37)12-13-33-20/h2-3,6-7,10-15,25-28,35,37H,4-5,8-9,16-17H2,1H3,(H,34,38)/t25-,26-,27+,28-/m0/s1. The van der Waals surface area contributed by atoms with Gasteiger partial charge in [-0.05, 0) is 59.9 Å². The predicted octanol–water partition coefficient (Wildman–Crippen LogP) is 4.27. The van der Waals surface area contributed by atoms with Crippen LogP contribution in [-0.4, -0.2) is 53.6 Å². The molecule has 3 aromatic rings. The Bertz CT molecular complexity index is 1620. The Labute approximate surface area is 260 Å². The summed E-state index contributed by atoms with van der Waals surface area (Å²) in [5, 5.41) is 10.1. The van der Waals surface area contributed by atoms with E-state index in [-0.39, 0.29) is 24.1 Å². The van der Waals surface area contributed by atoms with Crippen LogP contribution in [0.3, 0.4) is 0 Å². The molecule has 1 aromatic heterocycles. The first-order valence-corrected chi connectivity index (χ1v) is 16.5. The van der Waals surface area contributed by atoms with Gasteiger partial charge in [0.2, 0.25) is 10.0 Å². The van der Waals surface area contributed by atoms with E-state index < -0.39 is 40.0 Å². The Morgan fingerprint density at radius 1 is 1.09 bits per heavy atom. The molecule has 2 heterocycles. The Kier molecular flexibility index (Phi) is 9.70. The van der Waals surface area contributed by atoms with Crippen LogP contribution in [0.5, 0.6) is 0 Å². The molecular weight excluding hydrogens is 615 g/mol. The lowest BCUT2D eigenvalue weighted by Gasteiger charge is -2.49. The lowest BCUT2D eigenvalue weighted by atomic mass is 9.76. The number of hydrogen-bond acceptors (Lipinski definition) is 7. The predicted molar refractivity (Wildman–Crippen MR) is 162 cm³/mol. The number of aliphatic hydroxyl groups excluding tert-OH is 1. The van der Waals surface area contributed by atoms with E-state index >= 15 is 0 Å². The molecule has 5 rings (SSSR count). The number of fused-ring (bicyclic) bond motifs is 1. The van der Waals surface area contributed by atoms with Gasteiger partial charge in [0.05, 0.1) is 30.5 Å². The fraction of sp³-hybridized carbons (Fsp3) is 0.367. The van der Waals surface area contributed by atoms with Crippen LogP contribution in [0.2, 0.25) is 10.0 Å². The summed E-state index contributed by atoms with van der Waals surface area (Å²) in [6.45, 7) is -0.226. The number of halogens is 2. The number of benzene rings is 2. The van der Waals surface area contributed by atoms with E-state index in [0.29, 0.717) is 45.8 Å². The summed E-state index contributed by atoms with van der Waals surface area (Å²) < 4.78 is 27.4. The summed E-state index contributed by atoms with van der Waals surface area (Å²) in [5.74, 6) is -1.82. The second kappa shape index (κ2) is 13.3. The fourth-order valence-corrected chi connectivity index (χ4v) is 7.42. The van der Waals surface area contributed by atoms with Gasteiger partial charge < -0.3 is 10.0 Å². The summed E-state index contributed by atoms with van der Waals surface area (Å²) in [7, 11) is -3.59. The average Bonchev–Trinajstić information content (AvgIpc) is 2.97. The van der Waals surface area contributed by atoms with Crippen molar-refractivity contribution in [3.8, 4) is 0 Å². The molecule has 10 nitrogen and oxygen atoms in total. The third-order valence-corrected chi connectivity index (χ3v) is 9.14. The fourth-order valence-electron chi connectivity index (χ4n) is 6.08. The molecule has 1 saturated carbocycles. The number of aliphatic hydroxyl groups is 1. The first-order valence-electron chi connectivity index (χ1n) is 13.9. The second-order valence-electron chi connectivity index (χ2n) is 10.8. The normalized spacial score (nSPS) is 22.2. The first-order chi connectivity index (χ1) is 20.6. The van der Waals surface area contributed by atoms with E-state index in [1.807, 2.05) is 0 Å². The smallest absolute Gasteiger partial charge is 0.255 e. The molecule has 0 saturated heterocycles. The Morgan fingerprint density at radius 3 is 2.60 bits per heavy atom. The van der Waals surface area contributed by atoms with E-state index in [2.05, 4.69) is 15.2 Å². The van der Waals surface area contributed by atoms with Crippen molar-refractivity contribution in [2.24, 2.45) is 0 Å². The van der Waals surface area contributed by atoms with E-state index in [4.69, 9.17) is 28.0 Å². The molecule has 2 aromatic carbocycles. The molecule has 2 aliphatic rings. The van der Waals surface area contributed by atoms with Crippen LogP contribution < -0.4 is 10.2 Å². The molecule has 2 amide bonds. The SMILES string of the molecule is CS(=O)(=O)N[C@H]1CCCC[C@@H]1N1C(=O)c2ccccc2[C@@H](C(=O)NOCc2cc(CO)ccn2)[C@@H]1c1ccc(Cl)cc1Cl. The van der Waals surface area contributed by atoms with Gasteiger partial charge in [0.15, 0.2) is 0 Å². The summed E-state index contributed by atoms with van der Waals surface area (Å²) in [6.07, 6.45) is 5.26. The highest BCUT2D eigenvalue weighted by molar-refractivity contribution is 7.88. The number of nitrogens with one attached hydrogen (secondary N) is 2. The topological polar surface area (TPSA) is 138 Å². The number of hydrogen-bond donors (Lipinski definition) is 3. The Balaban J connectivity index is 1.57. The van der Waals surface area contributed by atoms with Crippen LogP contribution in [0.25, 0.3) is 0 Å². The molecular formula is C30H32Cl2N4O6S. The van der Waals surface area contributed by atoms with Crippen molar-refractivity contribution >= 4 is 45.0 Å². The molecule has 13 heteroatoms.